The van der Waals surface area contributed by atoms with Crippen LogP contribution in [0.5, 0.6) is 11.5 Å². The second kappa shape index (κ2) is 5.23. The van der Waals surface area contributed by atoms with Crippen LogP contribution in [0.25, 0.3) is 12.2 Å². The van der Waals surface area contributed by atoms with E-state index in [9.17, 15) is 9.90 Å². The molecule has 2 rings (SSSR count). The average molecular weight is 244 g/mol. The molecule has 0 saturated heterocycles. The Balaban J connectivity index is 2.30. The van der Waals surface area contributed by atoms with Gasteiger partial charge in [-0.05, 0) is 23.8 Å². The zero-order chi connectivity index (χ0) is 13.0. The molecular weight excluding hydrogens is 232 g/mol. The Morgan fingerprint density at radius 2 is 2.11 bits per heavy atom. The summed E-state index contributed by atoms with van der Waals surface area (Å²) in [5, 5.41) is 9.49. The number of aromatic hydroxyl groups is 1. The highest BCUT2D eigenvalue weighted by molar-refractivity contribution is 5.70. The number of benzene rings is 1. The summed E-state index contributed by atoms with van der Waals surface area (Å²) in [5.41, 5.74) is 0.409. The highest BCUT2D eigenvalue weighted by Gasteiger charge is 2.03. The number of hydrogen-bond donors (Lipinski definition) is 1. The van der Waals surface area contributed by atoms with Crippen LogP contribution in [0.15, 0.2) is 45.8 Å². The SMILES string of the molecule is COc1cccc(/C=C/c2occc(=O)c2O)c1. The molecule has 18 heavy (non-hydrogen) atoms. The minimum Gasteiger partial charge on any atom is -0.502 e. The molecule has 2 aromatic rings. The van der Waals surface area contributed by atoms with Crippen molar-refractivity contribution in [3.63, 3.8) is 0 Å². The predicted molar refractivity (Wildman–Crippen MR) is 68.6 cm³/mol. The van der Waals surface area contributed by atoms with E-state index in [0.29, 0.717) is 0 Å². The van der Waals surface area contributed by atoms with Crippen LogP contribution in [0.2, 0.25) is 0 Å². The summed E-state index contributed by atoms with van der Waals surface area (Å²) < 4.78 is 10.1. The summed E-state index contributed by atoms with van der Waals surface area (Å²) in [4.78, 5) is 11.2. The van der Waals surface area contributed by atoms with Crippen LogP contribution in [0.1, 0.15) is 11.3 Å². The summed E-state index contributed by atoms with van der Waals surface area (Å²) in [5.74, 6) is 0.470. The maximum atomic E-state index is 11.2. The molecule has 0 aliphatic carbocycles. The molecule has 4 heteroatoms. The van der Waals surface area contributed by atoms with Crippen molar-refractivity contribution in [2.24, 2.45) is 0 Å². The van der Waals surface area contributed by atoms with Gasteiger partial charge in [-0.25, -0.2) is 0 Å². The largest absolute Gasteiger partial charge is 0.502 e. The molecule has 1 aromatic carbocycles. The van der Waals surface area contributed by atoms with Gasteiger partial charge in [0.25, 0.3) is 0 Å². The maximum absolute atomic E-state index is 11.2. The minimum atomic E-state index is -0.466. The van der Waals surface area contributed by atoms with Crippen molar-refractivity contribution in [2.75, 3.05) is 7.11 Å². The van der Waals surface area contributed by atoms with Crippen LogP contribution in [-0.2, 0) is 0 Å². The van der Waals surface area contributed by atoms with Gasteiger partial charge in [0, 0.05) is 6.07 Å². The van der Waals surface area contributed by atoms with Gasteiger partial charge < -0.3 is 14.3 Å². The molecule has 0 aliphatic rings. The first-order valence-electron chi connectivity index (χ1n) is 5.33. The average Bonchev–Trinajstić information content (AvgIpc) is 2.41. The van der Waals surface area contributed by atoms with E-state index in [1.807, 2.05) is 24.3 Å². The van der Waals surface area contributed by atoms with Crippen LogP contribution in [-0.4, -0.2) is 12.2 Å². The lowest BCUT2D eigenvalue weighted by atomic mass is 10.2. The number of hydrogen-bond acceptors (Lipinski definition) is 4. The Hall–Kier alpha value is -2.49. The molecule has 0 radical (unpaired) electrons. The van der Waals surface area contributed by atoms with Crippen molar-refractivity contribution < 1.29 is 14.3 Å². The highest BCUT2D eigenvalue weighted by atomic mass is 16.5. The lowest BCUT2D eigenvalue weighted by Gasteiger charge is -2.00. The molecule has 0 aliphatic heterocycles. The monoisotopic (exact) mass is 244 g/mol. The molecule has 1 heterocycles. The fourth-order valence-corrected chi connectivity index (χ4v) is 1.46. The third-order valence-electron chi connectivity index (χ3n) is 2.40. The van der Waals surface area contributed by atoms with Crippen LogP contribution in [0.3, 0.4) is 0 Å². The summed E-state index contributed by atoms with van der Waals surface area (Å²) in [6, 6.07) is 8.54. The fraction of sp³-hybridized carbons (Fsp3) is 0.0714. The zero-order valence-electron chi connectivity index (χ0n) is 9.79. The summed E-state index contributed by atoms with van der Waals surface area (Å²) in [6.45, 7) is 0. The van der Waals surface area contributed by atoms with Gasteiger partial charge in [0.2, 0.25) is 11.2 Å². The lowest BCUT2D eigenvalue weighted by Crippen LogP contribution is -1.97. The Bertz CT molecular complexity index is 626. The topological polar surface area (TPSA) is 59.7 Å². The van der Waals surface area contributed by atoms with Gasteiger partial charge >= 0.3 is 0 Å². The molecule has 1 aromatic heterocycles. The molecule has 1 N–H and O–H groups in total. The number of methoxy groups -OCH3 is 1. The molecule has 0 spiro atoms. The van der Waals surface area contributed by atoms with Gasteiger partial charge in [-0.15, -0.1) is 0 Å². The van der Waals surface area contributed by atoms with Crippen LogP contribution in [0.4, 0.5) is 0 Å². The van der Waals surface area contributed by atoms with E-state index in [4.69, 9.17) is 9.15 Å². The van der Waals surface area contributed by atoms with Crippen molar-refractivity contribution in [3.8, 4) is 11.5 Å². The molecule has 0 fully saturated rings. The zero-order valence-corrected chi connectivity index (χ0v) is 9.79. The van der Waals surface area contributed by atoms with E-state index >= 15 is 0 Å². The minimum absolute atomic E-state index is 0.130. The lowest BCUT2D eigenvalue weighted by molar-refractivity contribution is 0.414. The molecular formula is C14H12O4. The van der Waals surface area contributed by atoms with E-state index < -0.39 is 11.2 Å². The fourth-order valence-electron chi connectivity index (χ4n) is 1.46. The van der Waals surface area contributed by atoms with Gasteiger partial charge in [0.1, 0.15) is 5.75 Å². The summed E-state index contributed by atoms with van der Waals surface area (Å²) in [6.07, 6.45) is 4.50. The van der Waals surface area contributed by atoms with E-state index in [0.717, 1.165) is 17.4 Å². The maximum Gasteiger partial charge on any atom is 0.227 e. The van der Waals surface area contributed by atoms with E-state index in [1.165, 1.54) is 12.3 Å². The van der Waals surface area contributed by atoms with Gasteiger partial charge in [-0.1, -0.05) is 18.2 Å². The van der Waals surface area contributed by atoms with Gasteiger partial charge in [0.05, 0.1) is 13.4 Å². The smallest absolute Gasteiger partial charge is 0.227 e. The van der Waals surface area contributed by atoms with Crippen molar-refractivity contribution in [2.45, 2.75) is 0 Å². The molecule has 0 saturated carbocycles. The molecule has 92 valence electrons. The van der Waals surface area contributed by atoms with E-state index in [1.54, 1.807) is 13.2 Å². The van der Waals surface area contributed by atoms with Gasteiger partial charge in [0.15, 0.2) is 5.76 Å². The first kappa shape index (κ1) is 12.0. The quantitative estimate of drug-likeness (QED) is 0.901. The van der Waals surface area contributed by atoms with Gasteiger partial charge in [-0.3, -0.25) is 4.79 Å². The standard InChI is InChI=1S/C14H12O4/c1-17-11-4-2-3-10(9-11)5-6-13-14(16)12(15)7-8-18-13/h2-9,16H,1H3/b6-5+. The van der Waals surface area contributed by atoms with E-state index in [-0.39, 0.29) is 5.76 Å². The van der Waals surface area contributed by atoms with E-state index in [2.05, 4.69) is 0 Å². The molecule has 0 amide bonds. The van der Waals surface area contributed by atoms with Crippen LogP contribution >= 0.6 is 0 Å². The van der Waals surface area contributed by atoms with Crippen molar-refractivity contribution in [1.29, 1.82) is 0 Å². The third kappa shape index (κ3) is 2.60. The predicted octanol–water partition coefficient (Wildman–Crippen LogP) is 2.52. The normalized spacial score (nSPS) is 10.7. The first-order valence-corrected chi connectivity index (χ1v) is 5.33. The third-order valence-corrected chi connectivity index (χ3v) is 2.40. The number of ether oxygens (including phenoxy) is 1. The van der Waals surface area contributed by atoms with Crippen molar-refractivity contribution >= 4 is 12.2 Å². The second-order valence-corrected chi connectivity index (χ2v) is 3.61. The molecule has 0 unspecified atom stereocenters. The summed E-state index contributed by atoms with van der Waals surface area (Å²) in [7, 11) is 1.59. The van der Waals surface area contributed by atoms with Crippen molar-refractivity contribution in [3.05, 3.63) is 58.1 Å². The van der Waals surface area contributed by atoms with Crippen LogP contribution in [0, 0.1) is 0 Å². The molecule has 4 nitrogen and oxygen atoms in total. The Morgan fingerprint density at radius 1 is 1.28 bits per heavy atom. The van der Waals surface area contributed by atoms with Crippen molar-refractivity contribution in [1.82, 2.24) is 0 Å². The Labute approximate surface area is 104 Å². The molecule has 0 atom stereocenters. The first-order chi connectivity index (χ1) is 8.70. The Kier molecular flexibility index (Phi) is 3.48. The second-order valence-electron chi connectivity index (χ2n) is 3.61. The molecule has 0 bridgehead atoms. The Morgan fingerprint density at radius 3 is 2.89 bits per heavy atom. The highest BCUT2D eigenvalue weighted by Crippen LogP contribution is 2.17. The van der Waals surface area contributed by atoms with Crippen LogP contribution < -0.4 is 10.2 Å². The summed E-state index contributed by atoms with van der Waals surface area (Å²) >= 11 is 0. The van der Waals surface area contributed by atoms with Gasteiger partial charge in [-0.2, -0.15) is 0 Å². The number of rotatable bonds is 3.